The van der Waals surface area contributed by atoms with E-state index in [4.69, 9.17) is 4.98 Å². The molecular formula is C13H22N2S. The summed E-state index contributed by atoms with van der Waals surface area (Å²) in [5.74, 6) is 0.756. The Morgan fingerprint density at radius 1 is 1.44 bits per heavy atom. The van der Waals surface area contributed by atoms with Gasteiger partial charge in [-0.2, -0.15) is 0 Å². The summed E-state index contributed by atoms with van der Waals surface area (Å²) < 4.78 is 0. The molecule has 1 aliphatic rings. The van der Waals surface area contributed by atoms with Crippen molar-refractivity contribution < 1.29 is 0 Å². The van der Waals surface area contributed by atoms with E-state index in [1.165, 1.54) is 41.3 Å². The van der Waals surface area contributed by atoms with Crippen LogP contribution < -0.4 is 5.32 Å². The summed E-state index contributed by atoms with van der Waals surface area (Å²) in [7, 11) is 0. The molecule has 3 heteroatoms. The molecule has 1 atom stereocenters. The van der Waals surface area contributed by atoms with E-state index in [0.29, 0.717) is 6.04 Å². The molecule has 0 aromatic carbocycles. The highest BCUT2D eigenvalue weighted by molar-refractivity contribution is 7.11. The van der Waals surface area contributed by atoms with Crippen molar-refractivity contribution in [2.45, 2.75) is 58.4 Å². The third kappa shape index (κ3) is 2.46. The summed E-state index contributed by atoms with van der Waals surface area (Å²) in [4.78, 5) is 6.21. The average Bonchev–Trinajstić information content (AvgIpc) is 2.86. The summed E-state index contributed by atoms with van der Waals surface area (Å²) in [6, 6.07) is 0.456. The van der Waals surface area contributed by atoms with Gasteiger partial charge in [0.15, 0.2) is 0 Å². The highest BCUT2D eigenvalue weighted by Crippen LogP contribution is 2.38. The molecule has 90 valence electrons. The normalized spacial score (nSPS) is 19.2. The van der Waals surface area contributed by atoms with Crippen LogP contribution in [0.15, 0.2) is 0 Å². The van der Waals surface area contributed by atoms with E-state index < -0.39 is 0 Å². The fourth-order valence-electron chi connectivity index (χ4n) is 2.58. The van der Waals surface area contributed by atoms with Crippen molar-refractivity contribution in [1.82, 2.24) is 10.3 Å². The van der Waals surface area contributed by atoms with Crippen LogP contribution in [0, 0.1) is 6.92 Å². The first-order chi connectivity index (χ1) is 7.72. The Labute approximate surface area is 102 Å². The molecule has 1 heterocycles. The minimum atomic E-state index is 0.456. The second kappa shape index (κ2) is 5.28. The van der Waals surface area contributed by atoms with Gasteiger partial charge in [-0.25, -0.2) is 4.98 Å². The molecule has 1 N–H and O–H groups in total. The lowest BCUT2D eigenvalue weighted by molar-refractivity contribution is 0.603. The van der Waals surface area contributed by atoms with Crippen molar-refractivity contribution in [2.75, 3.05) is 6.54 Å². The summed E-state index contributed by atoms with van der Waals surface area (Å²) in [5.41, 5.74) is 1.24. The van der Waals surface area contributed by atoms with Gasteiger partial charge in [0.05, 0.1) is 10.7 Å². The molecule has 1 aliphatic carbocycles. The van der Waals surface area contributed by atoms with E-state index >= 15 is 0 Å². The molecule has 1 aromatic heterocycles. The van der Waals surface area contributed by atoms with Gasteiger partial charge in [-0.05, 0) is 33.2 Å². The van der Waals surface area contributed by atoms with Crippen LogP contribution in [0.5, 0.6) is 0 Å². The minimum Gasteiger partial charge on any atom is -0.310 e. The first-order valence-electron chi connectivity index (χ1n) is 6.43. The molecule has 0 aliphatic heterocycles. The van der Waals surface area contributed by atoms with Crippen molar-refractivity contribution in [2.24, 2.45) is 0 Å². The van der Waals surface area contributed by atoms with Crippen LogP contribution in [0.1, 0.15) is 67.1 Å². The van der Waals surface area contributed by atoms with Gasteiger partial charge < -0.3 is 5.32 Å². The Morgan fingerprint density at radius 3 is 2.75 bits per heavy atom. The lowest BCUT2D eigenvalue weighted by Crippen LogP contribution is -2.17. The van der Waals surface area contributed by atoms with Crippen LogP contribution in [-0.4, -0.2) is 11.5 Å². The fraction of sp³-hybridized carbons (Fsp3) is 0.769. The molecule has 0 bridgehead atoms. The predicted octanol–water partition coefficient (Wildman–Crippen LogP) is 3.78. The molecule has 1 aromatic rings. The summed E-state index contributed by atoms with van der Waals surface area (Å²) >= 11 is 1.93. The Balaban J connectivity index is 2.14. The zero-order chi connectivity index (χ0) is 11.5. The van der Waals surface area contributed by atoms with Gasteiger partial charge in [-0.3, -0.25) is 0 Å². The number of nitrogens with zero attached hydrogens (tertiary/aromatic N) is 1. The highest BCUT2D eigenvalue weighted by atomic mass is 32.1. The van der Waals surface area contributed by atoms with Gasteiger partial charge >= 0.3 is 0 Å². The van der Waals surface area contributed by atoms with Crippen molar-refractivity contribution >= 4 is 11.3 Å². The van der Waals surface area contributed by atoms with Crippen LogP contribution in [0.25, 0.3) is 0 Å². The second-order valence-electron chi connectivity index (χ2n) is 4.76. The van der Waals surface area contributed by atoms with Crippen LogP contribution in [0.3, 0.4) is 0 Å². The van der Waals surface area contributed by atoms with Gasteiger partial charge in [0.2, 0.25) is 0 Å². The number of nitrogens with one attached hydrogen (secondary N) is 1. The lowest BCUT2D eigenvalue weighted by atomic mass is 10.1. The van der Waals surface area contributed by atoms with Gasteiger partial charge in [0, 0.05) is 16.8 Å². The van der Waals surface area contributed by atoms with Gasteiger partial charge in [-0.15, -0.1) is 11.3 Å². The quantitative estimate of drug-likeness (QED) is 0.863. The topological polar surface area (TPSA) is 24.9 Å². The monoisotopic (exact) mass is 238 g/mol. The third-order valence-corrected chi connectivity index (χ3v) is 4.96. The molecule has 1 saturated carbocycles. The fourth-order valence-corrected chi connectivity index (χ4v) is 3.84. The molecule has 0 saturated heterocycles. The lowest BCUT2D eigenvalue weighted by Gasteiger charge is -2.10. The van der Waals surface area contributed by atoms with E-state index in [-0.39, 0.29) is 0 Å². The summed E-state index contributed by atoms with van der Waals surface area (Å²) in [6.07, 6.45) is 5.48. The number of hydrogen-bond acceptors (Lipinski definition) is 3. The van der Waals surface area contributed by atoms with Crippen LogP contribution in [-0.2, 0) is 0 Å². The smallest absolute Gasteiger partial charge is 0.0962 e. The van der Waals surface area contributed by atoms with Crippen molar-refractivity contribution in [3.8, 4) is 0 Å². The van der Waals surface area contributed by atoms with Gasteiger partial charge in [-0.1, -0.05) is 19.8 Å². The number of thiazole rings is 1. The molecular weight excluding hydrogens is 216 g/mol. The van der Waals surface area contributed by atoms with Gasteiger partial charge in [0.1, 0.15) is 0 Å². The van der Waals surface area contributed by atoms with Crippen LogP contribution in [0.4, 0.5) is 0 Å². The van der Waals surface area contributed by atoms with Crippen molar-refractivity contribution in [3.05, 3.63) is 15.6 Å². The maximum Gasteiger partial charge on any atom is 0.0962 e. The number of rotatable bonds is 4. The average molecular weight is 238 g/mol. The van der Waals surface area contributed by atoms with E-state index in [0.717, 1.165) is 12.5 Å². The SMILES string of the molecule is CCNC(C)c1sc(C2CCCC2)nc1C. The molecule has 0 amide bonds. The molecule has 16 heavy (non-hydrogen) atoms. The first kappa shape index (κ1) is 12.1. The molecule has 0 spiro atoms. The van der Waals surface area contributed by atoms with Crippen LogP contribution >= 0.6 is 11.3 Å². The van der Waals surface area contributed by atoms with Crippen LogP contribution in [0.2, 0.25) is 0 Å². The summed E-state index contributed by atoms with van der Waals surface area (Å²) in [6.45, 7) is 7.57. The molecule has 1 unspecified atom stereocenters. The molecule has 1 fully saturated rings. The third-order valence-electron chi connectivity index (χ3n) is 3.46. The Morgan fingerprint density at radius 2 is 2.12 bits per heavy atom. The van der Waals surface area contributed by atoms with Crippen molar-refractivity contribution in [1.29, 1.82) is 0 Å². The van der Waals surface area contributed by atoms with E-state index in [9.17, 15) is 0 Å². The van der Waals surface area contributed by atoms with E-state index in [2.05, 4.69) is 26.1 Å². The van der Waals surface area contributed by atoms with E-state index in [1.54, 1.807) is 0 Å². The first-order valence-corrected chi connectivity index (χ1v) is 7.24. The maximum atomic E-state index is 4.77. The predicted molar refractivity (Wildman–Crippen MR) is 70.2 cm³/mol. The number of hydrogen-bond donors (Lipinski definition) is 1. The van der Waals surface area contributed by atoms with Gasteiger partial charge in [0.25, 0.3) is 0 Å². The zero-order valence-electron chi connectivity index (χ0n) is 10.5. The number of aromatic nitrogens is 1. The largest absolute Gasteiger partial charge is 0.310 e. The second-order valence-corrected chi connectivity index (χ2v) is 5.82. The minimum absolute atomic E-state index is 0.456. The Kier molecular flexibility index (Phi) is 3.98. The Bertz CT molecular complexity index is 340. The number of aryl methyl sites for hydroxylation is 1. The Hall–Kier alpha value is -0.410. The molecule has 2 nitrogen and oxygen atoms in total. The summed E-state index contributed by atoms with van der Waals surface area (Å²) in [5, 5.41) is 4.86. The van der Waals surface area contributed by atoms with Crippen molar-refractivity contribution in [3.63, 3.8) is 0 Å². The maximum absolute atomic E-state index is 4.77. The van der Waals surface area contributed by atoms with E-state index in [1.807, 2.05) is 11.3 Å². The zero-order valence-corrected chi connectivity index (χ0v) is 11.4. The molecule has 0 radical (unpaired) electrons. The highest BCUT2D eigenvalue weighted by Gasteiger charge is 2.22. The standard InChI is InChI=1S/C13H22N2S/c1-4-14-9(2)12-10(3)15-13(16-12)11-7-5-6-8-11/h9,11,14H,4-8H2,1-3H3. The molecule has 2 rings (SSSR count).